The summed E-state index contributed by atoms with van der Waals surface area (Å²) in [7, 11) is -3.19. The number of sulfonamides is 1. The van der Waals surface area contributed by atoms with Crippen LogP contribution in [-0.2, 0) is 27.9 Å². The van der Waals surface area contributed by atoms with Crippen LogP contribution in [0.3, 0.4) is 0 Å². The number of aromatic nitrogens is 3. The molecule has 4 rings (SSSR count). The zero-order valence-corrected chi connectivity index (χ0v) is 17.4. The zero-order chi connectivity index (χ0) is 19.9. The maximum atomic E-state index is 12.7. The summed E-state index contributed by atoms with van der Waals surface area (Å²) in [5.74, 6) is 2.32. The van der Waals surface area contributed by atoms with Gasteiger partial charge in [0.25, 0.3) is 0 Å². The minimum absolute atomic E-state index is 0.0844. The van der Waals surface area contributed by atoms with E-state index in [4.69, 9.17) is 0 Å². The summed E-state index contributed by atoms with van der Waals surface area (Å²) >= 11 is 0. The molecule has 2 aliphatic heterocycles. The Morgan fingerprint density at radius 1 is 1.07 bits per heavy atom. The van der Waals surface area contributed by atoms with Crippen molar-refractivity contribution in [1.82, 2.24) is 24.0 Å². The molecule has 0 N–H and O–H groups in total. The Labute approximate surface area is 166 Å². The number of piperidine rings is 1. The van der Waals surface area contributed by atoms with E-state index in [9.17, 15) is 13.2 Å². The second-order valence-corrected chi connectivity index (χ2v) is 10.8. The van der Waals surface area contributed by atoms with Crippen molar-refractivity contribution in [2.24, 2.45) is 5.92 Å². The van der Waals surface area contributed by atoms with Crippen LogP contribution in [0.4, 0.5) is 0 Å². The fraction of sp³-hybridized carbons (Fsp3) is 0.737. The molecule has 0 saturated carbocycles. The number of allylic oxidation sites excluding steroid dienone is 2. The molecule has 9 heteroatoms. The molecule has 1 amide bonds. The second-order valence-electron chi connectivity index (χ2n) is 8.29. The Kier molecular flexibility index (Phi) is 5.30. The van der Waals surface area contributed by atoms with Crippen molar-refractivity contribution >= 4 is 15.9 Å². The minimum atomic E-state index is -3.19. The quantitative estimate of drug-likeness (QED) is 0.706. The highest BCUT2D eigenvalue weighted by Gasteiger charge is 2.35. The van der Waals surface area contributed by atoms with Gasteiger partial charge >= 0.3 is 0 Å². The molecule has 1 aromatic heterocycles. The maximum absolute atomic E-state index is 12.7. The highest BCUT2D eigenvalue weighted by Crippen LogP contribution is 2.31. The van der Waals surface area contributed by atoms with Crippen molar-refractivity contribution in [3.63, 3.8) is 0 Å². The van der Waals surface area contributed by atoms with Crippen molar-refractivity contribution in [3.8, 4) is 0 Å². The van der Waals surface area contributed by atoms with Gasteiger partial charge in [0, 0.05) is 38.0 Å². The lowest BCUT2D eigenvalue weighted by Gasteiger charge is -2.33. The number of carbonyl (C=O) groups is 1. The van der Waals surface area contributed by atoms with Gasteiger partial charge in [-0.05, 0) is 39.5 Å². The first-order valence-electron chi connectivity index (χ1n) is 10.2. The Morgan fingerprint density at radius 2 is 1.75 bits per heavy atom. The smallest absolute Gasteiger partial charge is 0.226 e. The van der Waals surface area contributed by atoms with Gasteiger partial charge < -0.3 is 9.47 Å². The predicted octanol–water partition coefficient (Wildman–Crippen LogP) is 1.50. The molecule has 0 radical (unpaired) electrons. The first-order chi connectivity index (χ1) is 13.4. The molecule has 0 atom stereocenters. The van der Waals surface area contributed by atoms with Gasteiger partial charge in [0.05, 0.1) is 11.8 Å². The molecule has 0 unspecified atom stereocenters. The number of hydrogen-bond acceptors (Lipinski definition) is 5. The summed E-state index contributed by atoms with van der Waals surface area (Å²) < 4.78 is 28.5. The van der Waals surface area contributed by atoms with Crippen LogP contribution in [0.1, 0.15) is 57.1 Å². The van der Waals surface area contributed by atoms with Gasteiger partial charge in [-0.25, -0.2) is 12.7 Å². The van der Waals surface area contributed by atoms with Gasteiger partial charge in [-0.1, -0.05) is 12.2 Å². The maximum Gasteiger partial charge on any atom is 0.226 e. The van der Waals surface area contributed by atoms with E-state index >= 15 is 0 Å². The molecule has 3 heterocycles. The molecule has 1 aliphatic carbocycles. The number of nitrogens with zero attached hydrogens (tertiary/aromatic N) is 5. The molecular formula is C19H29N5O3S. The Bertz CT molecular complexity index is 860. The van der Waals surface area contributed by atoms with Crippen molar-refractivity contribution in [3.05, 3.63) is 23.8 Å². The lowest BCUT2D eigenvalue weighted by molar-refractivity contribution is -0.136. The van der Waals surface area contributed by atoms with Crippen LogP contribution in [-0.4, -0.2) is 63.2 Å². The third kappa shape index (κ3) is 3.50. The van der Waals surface area contributed by atoms with E-state index in [1.165, 1.54) is 0 Å². The Balaban J connectivity index is 1.41. The Morgan fingerprint density at radius 3 is 2.39 bits per heavy atom. The summed E-state index contributed by atoms with van der Waals surface area (Å²) in [4.78, 5) is 14.6. The van der Waals surface area contributed by atoms with Crippen molar-refractivity contribution in [2.75, 3.05) is 19.6 Å². The molecular weight excluding hydrogens is 378 g/mol. The largest absolute Gasteiger partial charge is 0.333 e. The highest BCUT2D eigenvalue weighted by molar-refractivity contribution is 7.89. The number of fused-ring (bicyclic) bond motifs is 1. The third-order valence-corrected chi connectivity index (χ3v) is 8.50. The van der Waals surface area contributed by atoms with Crippen LogP contribution in [0.15, 0.2) is 12.2 Å². The van der Waals surface area contributed by atoms with Crippen LogP contribution in [0, 0.1) is 5.92 Å². The van der Waals surface area contributed by atoms with Crippen molar-refractivity contribution in [1.29, 1.82) is 0 Å². The number of carbonyl (C=O) groups excluding carboxylic acids is 1. The van der Waals surface area contributed by atoms with Gasteiger partial charge in [-0.2, -0.15) is 0 Å². The highest BCUT2D eigenvalue weighted by atomic mass is 32.2. The lowest BCUT2D eigenvalue weighted by Crippen LogP contribution is -2.43. The fourth-order valence-corrected chi connectivity index (χ4v) is 5.73. The topological polar surface area (TPSA) is 88.4 Å². The van der Waals surface area contributed by atoms with Crippen molar-refractivity contribution < 1.29 is 13.2 Å². The van der Waals surface area contributed by atoms with E-state index in [1.54, 1.807) is 18.2 Å². The molecule has 0 bridgehead atoms. The number of amides is 1. The number of hydrogen-bond donors (Lipinski definition) is 0. The van der Waals surface area contributed by atoms with Gasteiger partial charge in [0.15, 0.2) is 5.82 Å². The standard InChI is InChI=1S/C19H29N5O3S/c1-14(2)28(26,27)23-9-7-15(8-10-23)18-21-20-17-13-22(11-12-24(17)18)19(25)16-5-3-4-6-16/h3-4,14-16H,5-13H2,1-2H3. The first kappa shape index (κ1) is 19.6. The molecule has 8 nitrogen and oxygen atoms in total. The van der Waals surface area contributed by atoms with E-state index in [2.05, 4.69) is 26.9 Å². The van der Waals surface area contributed by atoms with Crippen LogP contribution < -0.4 is 0 Å². The third-order valence-electron chi connectivity index (χ3n) is 6.23. The number of rotatable bonds is 4. The summed E-state index contributed by atoms with van der Waals surface area (Å²) in [5, 5.41) is 8.40. The predicted molar refractivity (Wildman–Crippen MR) is 105 cm³/mol. The lowest BCUT2D eigenvalue weighted by atomic mass is 9.97. The van der Waals surface area contributed by atoms with Crippen LogP contribution in [0.25, 0.3) is 0 Å². The minimum Gasteiger partial charge on any atom is -0.333 e. The van der Waals surface area contributed by atoms with E-state index in [0.29, 0.717) is 32.7 Å². The van der Waals surface area contributed by atoms with E-state index in [-0.39, 0.29) is 23.0 Å². The average molecular weight is 408 g/mol. The van der Waals surface area contributed by atoms with Crippen LogP contribution >= 0.6 is 0 Å². The normalized spacial score (nSPS) is 22.2. The zero-order valence-electron chi connectivity index (χ0n) is 16.6. The van der Waals surface area contributed by atoms with Gasteiger partial charge in [-0.3, -0.25) is 4.79 Å². The van der Waals surface area contributed by atoms with Gasteiger partial charge in [0.1, 0.15) is 5.82 Å². The summed E-state index contributed by atoms with van der Waals surface area (Å²) in [5.41, 5.74) is 0. The van der Waals surface area contributed by atoms with Gasteiger partial charge in [-0.15, -0.1) is 10.2 Å². The molecule has 1 saturated heterocycles. The molecule has 0 aromatic carbocycles. The summed E-state index contributed by atoms with van der Waals surface area (Å²) in [6.45, 7) is 6.44. The van der Waals surface area contributed by atoms with E-state index in [0.717, 1.165) is 37.3 Å². The first-order valence-corrected chi connectivity index (χ1v) is 11.7. The van der Waals surface area contributed by atoms with E-state index < -0.39 is 10.0 Å². The second kappa shape index (κ2) is 7.59. The van der Waals surface area contributed by atoms with E-state index in [1.807, 2.05) is 4.90 Å². The molecule has 0 spiro atoms. The van der Waals surface area contributed by atoms with Crippen LogP contribution in [0.5, 0.6) is 0 Å². The fourth-order valence-electron chi connectivity index (χ4n) is 4.41. The van der Waals surface area contributed by atoms with Gasteiger partial charge in [0.2, 0.25) is 15.9 Å². The summed E-state index contributed by atoms with van der Waals surface area (Å²) in [6.07, 6.45) is 7.37. The van der Waals surface area contributed by atoms with Crippen molar-refractivity contribution in [2.45, 2.75) is 63.8 Å². The molecule has 1 aromatic rings. The molecule has 3 aliphatic rings. The monoisotopic (exact) mass is 407 g/mol. The molecule has 1 fully saturated rings. The Hall–Kier alpha value is -1.74. The van der Waals surface area contributed by atoms with Crippen LogP contribution in [0.2, 0.25) is 0 Å². The summed E-state index contributed by atoms with van der Waals surface area (Å²) in [6, 6.07) is 0. The average Bonchev–Trinajstić information content (AvgIpc) is 3.37. The molecule has 28 heavy (non-hydrogen) atoms. The molecule has 154 valence electrons. The SMILES string of the molecule is CC(C)S(=O)(=O)N1CCC(c2nnc3n2CCN(C(=O)C2CC=CC2)C3)CC1.